The molecule has 4 nitrogen and oxygen atoms in total. The quantitative estimate of drug-likeness (QED) is 0.754. The first-order chi connectivity index (χ1) is 12.6. The molecule has 0 spiro atoms. The molecule has 1 fully saturated rings. The third-order valence-electron chi connectivity index (χ3n) is 4.62. The van der Waals surface area contributed by atoms with Crippen molar-refractivity contribution in [3.8, 4) is 11.5 Å². The van der Waals surface area contributed by atoms with Gasteiger partial charge in [-0.3, -0.25) is 4.79 Å². The SMILES string of the molecule is COc1ccc(C2CCCN2C(=O)/C=C/c2ccc(F)cc2)cc1OC. The summed E-state index contributed by atoms with van der Waals surface area (Å²) in [6.07, 6.45) is 5.12. The molecule has 0 saturated carbocycles. The Bertz CT molecular complexity index is 801. The Morgan fingerprint density at radius 3 is 2.54 bits per heavy atom. The molecule has 1 aliphatic heterocycles. The molecule has 2 aromatic carbocycles. The monoisotopic (exact) mass is 355 g/mol. The fourth-order valence-corrected chi connectivity index (χ4v) is 3.27. The van der Waals surface area contributed by atoms with E-state index in [1.807, 2.05) is 23.1 Å². The first kappa shape index (κ1) is 18.0. The second-order valence-electron chi connectivity index (χ2n) is 6.19. The van der Waals surface area contributed by atoms with Crippen molar-refractivity contribution in [2.45, 2.75) is 18.9 Å². The summed E-state index contributed by atoms with van der Waals surface area (Å²) in [5.41, 5.74) is 1.82. The molecule has 2 aromatic rings. The van der Waals surface area contributed by atoms with Crippen molar-refractivity contribution in [1.29, 1.82) is 0 Å². The number of rotatable bonds is 5. The van der Waals surface area contributed by atoms with E-state index in [2.05, 4.69) is 0 Å². The van der Waals surface area contributed by atoms with Crippen LogP contribution in [0, 0.1) is 5.82 Å². The summed E-state index contributed by atoms with van der Waals surface area (Å²) in [5.74, 6) is 0.989. The van der Waals surface area contributed by atoms with E-state index in [9.17, 15) is 9.18 Å². The van der Waals surface area contributed by atoms with Gasteiger partial charge >= 0.3 is 0 Å². The summed E-state index contributed by atoms with van der Waals surface area (Å²) in [5, 5.41) is 0. The summed E-state index contributed by atoms with van der Waals surface area (Å²) < 4.78 is 23.6. The molecular weight excluding hydrogens is 333 g/mol. The van der Waals surface area contributed by atoms with Crippen molar-refractivity contribution in [2.24, 2.45) is 0 Å². The number of halogens is 1. The minimum atomic E-state index is -0.290. The molecular formula is C21H22FNO3. The predicted octanol–water partition coefficient (Wildman–Crippen LogP) is 4.22. The van der Waals surface area contributed by atoms with Crippen LogP contribution in [0.15, 0.2) is 48.5 Å². The largest absolute Gasteiger partial charge is 0.493 e. The third kappa shape index (κ3) is 3.87. The molecule has 3 rings (SSSR count). The lowest BCUT2D eigenvalue weighted by atomic mass is 10.0. The van der Waals surface area contributed by atoms with Gasteiger partial charge < -0.3 is 14.4 Å². The van der Waals surface area contributed by atoms with Crippen LogP contribution in [0.5, 0.6) is 11.5 Å². The van der Waals surface area contributed by atoms with Crippen LogP contribution in [-0.4, -0.2) is 31.6 Å². The molecule has 0 aromatic heterocycles. The third-order valence-corrected chi connectivity index (χ3v) is 4.62. The van der Waals surface area contributed by atoms with Gasteiger partial charge in [0.15, 0.2) is 11.5 Å². The minimum absolute atomic E-state index is 0.0140. The molecule has 26 heavy (non-hydrogen) atoms. The molecule has 0 aliphatic carbocycles. The predicted molar refractivity (Wildman–Crippen MR) is 98.7 cm³/mol. The molecule has 1 atom stereocenters. The van der Waals surface area contributed by atoms with E-state index < -0.39 is 0 Å². The van der Waals surface area contributed by atoms with Crippen LogP contribution in [0.25, 0.3) is 6.08 Å². The Labute approximate surface area is 152 Å². The van der Waals surface area contributed by atoms with Crippen molar-refractivity contribution >= 4 is 12.0 Å². The Morgan fingerprint density at radius 2 is 1.85 bits per heavy atom. The van der Waals surface area contributed by atoms with Crippen molar-refractivity contribution in [1.82, 2.24) is 4.90 Å². The number of benzene rings is 2. The van der Waals surface area contributed by atoms with Crippen LogP contribution >= 0.6 is 0 Å². The van der Waals surface area contributed by atoms with Gasteiger partial charge in [-0.2, -0.15) is 0 Å². The first-order valence-electron chi connectivity index (χ1n) is 8.58. The molecule has 0 bridgehead atoms. The highest BCUT2D eigenvalue weighted by molar-refractivity contribution is 5.92. The zero-order valence-corrected chi connectivity index (χ0v) is 14.9. The summed E-state index contributed by atoms with van der Waals surface area (Å²) in [6.45, 7) is 0.714. The minimum Gasteiger partial charge on any atom is -0.493 e. The van der Waals surface area contributed by atoms with Crippen LogP contribution in [0.1, 0.15) is 30.0 Å². The molecule has 1 amide bonds. The number of likely N-dealkylation sites (tertiary alicyclic amines) is 1. The maximum absolute atomic E-state index is 13.0. The zero-order valence-electron chi connectivity index (χ0n) is 14.9. The lowest BCUT2D eigenvalue weighted by Gasteiger charge is -2.24. The summed E-state index contributed by atoms with van der Waals surface area (Å²) in [4.78, 5) is 14.5. The Morgan fingerprint density at radius 1 is 1.12 bits per heavy atom. The van der Waals surface area contributed by atoms with Gasteiger partial charge in [0.25, 0.3) is 0 Å². The van der Waals surface area contributed by atoms with Crippen molar-refractivity contribution in [3.05, 3.63) is 65.5 Å². The highest BCUT2D eigenvalue weighted by Crippen LogP contribution is 2.37. The second kappa shape index (κ2) is 8.04. The lowest BCUT2D eigenvalue weighted by Crippen LogP contribution is -2.28. The average molecular weight is 355 g/mol. The normalized spacial score (nSPS) is 16.9. The van der Waals surface area contributed by atoms with Gasteiger partial charge in [0.05, 0.1) is 20.3 Å². The Hall–Kier alpha value is -2.82. The smallest absolute Gasteiger partial charge is 0.247 e. The van der Waals surface area contributed by atoms with Gasteiger partial charge in [-0.1, -0.05) is 18.2 Å². The van der Waals surface area contributed by atoms with Crippen molar-refractivity contribution in [3.63, 3.8) is 0 Å². The molecule has 0 radical (unpaired) electrons. The molecule has 0 N–H and O–H groups in total. The maximum atomic E-state index is 13.0. The van der Waals surface area contributed by atoms with E-state index in [0.717, 1.165) is 24.0 Å². The second-order valence-corrected chi connectivity index (χ2v) is 6.19. The van der Waals surface area contributed by atoms with E-state index in [4.69, 9.17) is 9.47 Å². The number of carbonyl (C=O) groups is 1. The van der Waals surface area contributed by atoms with Gasteiger partial charge in [-0.15, -0.1) is 0 Å². The summed E-state index contributed by atoms with van der Waals surface area (Å²) >= 11 is 0. The number of amides is 1. The van der Waals surface area contributed by atoms with Crippen LogP contribution < -0.4 is 9.47 Å². The van der Waals surface area contributed by atoms with E-state index >= 15 is 0 Å². The van der Waals surface area contributed by atoms with Gasteiger partial charge in [0.1, 0.15) is 5.82 Å². The average Bonchev–Trinajstić information content (AvgIpc) is 3.16. The molecule has 1 heterocycles. The Balaban J connectivity index is 1.77. The van der Waals surface area contributed by atoms with Crippen molar-refractivity contribution < 1.29 is 18.7 Å². The van der Waals surface area contributed by atoms with Crippen LogP contribution in [-0.2, 0) is 4.79 Å². The molecule has 136 valence electrons. The zero-order chi connectivity index (χ0) is 18.5. The van der Waals surface area contributed by atoms with Gasteiger partial charge in [0.2, 0.25) is 5.91 Å². The fourth-order valence-electron chi connectivity index (χ4n) is 3.27. The van der Waals surface area contributed by atoms with Crippen LogP contribution in [0.3, 0.4) is 0 Å². The molecule has 1 saturated heterocycles. The van der Waals surface area contributed by atoms with E-state index in [-0.39, 0.29) is 17.8 Å². The number of hydrogen-bond acceptors (Lipinski definition) is 3. The van der Waals surface area contributed by atoms with E-state index in [1.165, 1.54) is 12.1 Å². The maximum Gasteiger partial charge on any atom is 0.247 e. The van der Waals surface area contributed by atoms with Gasteiger partial charge in [0, 0.05) is 12.6 Å². The molecule has 1 unspecified atom stereocenters. The summed E-state index contributed by atoms with van der Waals surface area (Å²) in [7, 11) is 3.20. The number of methoxy groups -OCH3 is 2. The first-order valence-corrected chi connectivity index (χ1v) is 8.58. The van der Waals surface area contributed by atoms with Gasteiger partial charge in [-0.05, 0) is 54.3 Å². The highest BCUT2D eigenvalue weighted by Gasteiger charge is 2.29. The number of ether oxygens (including phenoxy) is 2. The van der Waals surface area contributed by atoms with Crippen LogP contribution in [0.2, 0.25) is 0 Å². The van der Waals surface area contributed by atoms with Crippen LogP contribution in [0.4, 0.5) is 4.39 Å². The fraction of sp³-hybridized carbons (Fsp3) is 0.286. The lowest BCUT2D eigenvalue weighted by molar-refractivity contribution is -0.126. The van der Waals surface area contributed by atoms with E-state index in [1.54, 1.807) is 38.5 Å². The number of nitrogens with zero attached hydrogens (tertiary/aromatic N) is 1. The topological polar surface area (TPSA) is 38.8 Å². The summed E-state index contributed by atoms with van der Waals surface area (Å²) in [6, 6.07) is 11.8. The Kier molecular flexibility index (Phi) is 5.56. The molecule has 5 heteroatoms. The standard InChI is InChI=1S/C21H22FNO3/c1-25-19-11-8-16(14-20(19)26-2)18-4-3-13-23(18)21(24)12-7-15-5-9-17(22)10-6-15/h5-12,14,18H,3-4,13H2,1-2H3/b12-7+. The highest BCUT2D eigenvalue weighted by atomic mass is 19.1. The molecule has 1 aliphatic rings. The van der Waals surface area contributed by atoms with Gasteiger partial charge in [-0.25, -0.2) is 4.39 Å². The van der Waals surface area contributed by atoms with Crippen molar-refractivity contribution in [2.75, 3.05) is 20.8 Å². The number of carbonyl (C=O) groups excluding carboxylic acids is 1. The van der Waals surface area contributed by atoms with E-state index in [0.29, 0.717) is 18.0 Å². The number of hydrogen-bond donors (Lipinski definition) is 0.